The van der Waals surface area contributed by atoms with Gasteiger partial charge in [-0.1, -0.05) is 196 Å². The van der Waals surface area contributed by atoms with E-state index >= 15 is 0 Å². The topological polar surface area (TPSA) is 25.8 Å². The van der Waals surface area contributed by atoms with Gasteiger partial charge < -0.3 is 0 Å². The molecule has 0 bridgehead atoms. The quantitative estimate of drug-likeness (QED) is 0.160. The first kappa shape index (κ1) is 38.0. The number of benzene rings is 9. The third-order valence-corrected chi connectivity index (χ3v) is 14.3. The van der Waals surface area contributed by atoms with Crippen molar-refractivity contribution in [1.82, 2.24) is 9.97 Å². The Kier molecular flexibility index (Phi) is 9.06. The monoisotopic (exact) mass is 834 g/mol. The van der Waals surface area contributed by atoms with Crippen LogP contribution in [0.5, 0.6) is 0 Å². The van der Waals surface area contributed by atoms with Gasteiger partial charge in [0.1, 0.15) is 0 Å². The third-order valence-electron chi connectivity index (χ3n) is 13.1. The second-order valence-corrected chi connectivity index (χ2v) is 18.4. The predicted molar refractivity (Wildman–Crippen MR) is 271 cm³/mol. The van der Waals surface area contributed by atoms with Gasteiger partial charge >= 0.3 is 0 Å². The maximum atomic E-state index is 5.37. The number of aromatic nitrogens is 2. The molecule has 0 unspecified atom stereocenters. The molecule has 0 radical (unpaired) electrons. The van der Waals surface area contributed by atoms with Crippen molar-refractivity contribution < 1.29 is 0 Å². The molecule has 64 heavy (non-hydrogen) atoms. The van der Waals surface area contributed by atoms with E-state index in [1.165, 1.54) is 75.8 Å². The number of hydrogen-bond donors (Lipinski definition) is 0. The van der Waals surface area contributed by atoms with Crippen LogP contribution in [0.3, 0.4) is 0 Å². The zero-order chi connectivity index (χ0) is 42.8. The van der Waals surface area contributed by atoms with Crippen LogP contribution in [0, 0.1) is 0 Å². The fourth-order valence-corrected chi connectivity index (χ4v) is 11.1. The largest absolute Gasteiger partial charge is 0.228 e. The van der Waals surface area contributed by atoms with E-state index in [1.54, 1.807) is 0 Å². The van der Waals surface area contributed by atoms with Gasteiger partial charge in [-0.2, -0.15) is 0 Å². The summed E-state index contributed by atoms with van der Waals surface area (Å²) < 4.78 is 2.58. The molecule has 0 saturated carbocycles. The number of fused-ring (bicyclic) bond motifs is 6. The zero-order valence-corrected chi connectivity index (χ0v) is 36.4. The van der Waals surface area contributed by atoms with Gasteiger partial charge in [0.15, 0.2) is 5.82 Å². The molecule has 302 valence electrons. The van der Waals surface area contributed by atoms with Crippen molar-refractivity contribution in [3.05, 3.63) is 230 Å². The minimum atomic E-state index is -0.0573. The Morgan fingerprint density at radius 1 is 0.328 bits per heavy atom. The maximum absolute atomic E-state index is 5.37. The average molecular weight is 835 g/mol. The summed E-state index contributed by atoms with van der Waals surface area (Å²) in [4.78, 5) is 10.6. The molecular weight excluding hydrogens is 793 g/mol. The molecule has 2 nitrogen and oxygen atoms in total. The van der Waals surface area contributed by atoms with Crippen molar-refractivity contribution >= 4 is 31.5 Å². The molecule has 1 aliphatic carbocycles. The number of nitrogens with zero attached hydrogens (tertiary/aromatic N) is 2. The first-order valence-corrected chi connectivity index (χ1v) is 22.8. The summed E-state index contributed by atoms with van der Waals surface area (Å²) in [6.07, 6.45) is 0. The van der Waals surface area contributed by atoms with Crippen molar-refractivity contribution in [3.8, 4) is 89.5 Å². The fraction of sp³-hybridized carbons (Fsp3) is 0.0492. The van der Waals surface area contributed by atoms with Crippen molar-refractivity contribution in [2.75, 3.05) is 0 Å². The highest BCUT2D eigenvalue weighted by Crippen LogP contribution is 2.50. The van der Waals surface area contributed by atoms with E-state index in [1.807, 2.05) is 17.4 Å². The van der Waals surface area contributed by atoms with E-state index in [4.69, 9.17) is 9.97 Å². The zero-order valence-electron chi connectivity index (χ0n) is 35.6. The summed E-state index contributed by atoms with van der Waals surface area (Å²) in [6, 6.07) is 79.1. The molecule has 0 spiro atoms. The van der Waals surface area contributed by atoms with Gasteiger partial charge in [0.05, 0.1) is 11.4 Å². The van der Waals surface area contributed by atoms with Crippen molar-refractivity contribution in [2.45, 2.75) is 19.3 Å². The molecule has 11 aromatic rings. The molecule has 2 heterocycles. The number of thiophene rings is 1. The lowest BCUT2D eigenvalue weighted by molar-refractivity contribution is 0.660. The third kappa shape index (κ3) is 6.47. The van der Waals surface area contributed by atoms with Crippen molar-refractivity contribution in [1.29, 1.82) is 0 Å². The Labute approximate surface area is 377 Å². The Bertz CT molecular complexity index is 3560. The van der Waals surface area contributed by atoms with Crippen molar-refractivity contribution in [2.24, 2.45) is 0 Å². The molecular formula is C61H42N2S. The molecule has 9 aromatic carbocycles. The number of hydrogen-bond acceptors (Lipinski definition) is 3. The van der Waals surface area contributed by atoms with Crippen LogP contribution in [0.15, 0.2) is 218 Å². The van der Waals surface area contributed by atoms with E-state index in [0.29, 0.717) is 5.82 Å². The Hall–Kier alpha value is -7.72. The average Bonchev–Trinajstić information content (AvgIpc) is 3.86. The van der Waals surface area contributed by atoms with Crippen LogP contribution in [-0.4, -0.2) is 9.97 Å². The molecule has 2 aromatic heterocycles. The molecule has 0 atom stereocenters. The van der Waals surface area contributed by atoms with E-state index in [9.17, 15) is 0 Å². The van der Waals surface area contributed by atoms with E-state index in [-0.39, 0.29) is 5.41 Å². The summed E-state index contributed by atoms with van der Waals surface area (Å²) >= 11 is 1.86. The summed E-state index contributed by atoms with van der Waals surface area (Å²) in [5.74, 6) is 0.695. The van der Waals surface area contributed by atoms with Gasteiger partial charge in [0.25, 0.3) is 0 Å². The lowest BCUT2D eigenvalue weighted by Gasteiger charge is -2.22. The molecule has 0 fully saturated rings. The standard InChI is InChI=1S/C61H42N2S/c1-61(2)54-26-13-11-22-50(54)51-33-32-43(37-55(51)61)39-28-30-41(31-29-39)56-38-57(63-60(62-56)42-18-7-4-8-19-42)46-35-44(48-21-10-9-20-47(48)40-16-5-3-6-17-40)34-45(36-46)49-24-15-25-53-52-23-12-14-27-58(52)64-59(49)53/h3-38H,1-2H3. The molecule has 0 N–H and O–H groups in total. The lowest BCUT2D eigenvalue weighted by atomic mass is 9.81. The van der Waals surface area contributed by atoms with E-state index in [0.717, 1.165) is 39.2 Å². The highest BCUT2D eigenvalue weighted by atomic mass is 32.1. The first-order chi connectivity index (χ1) is 31.5. The van der Waals surface area contributed by atoms with E-state index < -0.39 is 0 Å². The lowest BCUT2D eigenvalue weighted by Crippen LogP contribution is -2.14. The fourth-order valence-electron chi connectivity index (χ4n) is 9.84. The Morgan fingerprint density at radius 3 is 1.62 bits per heavy atom. The van der Waals surface area contributed by atoms with Gasteiger partial charge in [-0.25, -0.2) is 9.97 Å². The molecule has 0 aliphatic heterocycles. The summed E-state index contributed by atoms with van der Waals surface area (Å²) in [5.41, 5.74) is 19.6. The van der Waals surface area contributed by atoms with Crippen LogP contribution in [0.1, 0.15) is 25.0 Å². The smallest absolute Gasteiger partial charge is 0.160 e. The second-order valence-electron chi connectivity index (χ2n) is 17.3. The van der Waals surface area contributed by atoms with Gasteiger partial charge in [-0.3, -0.25) is 0 Å². The molecule has 0 amide bonds. The molecule has 1 aliphatic rings. The van der Waals surface area contributed by atoms with Crippen LogP contribution in [0.25, 0.3) is 110 Å². The normalized spacial score (nSPS) is 12.7. The Balaban J connectivity index is 1.02. The number of rotatable bonds is 7. The molecule has 12 rings (SSSR count). The van der Waals surface area contributed by atoms with Gasteiger partial charge in [-0.15, -0.1) is 11.3 Å². The summed E-state index contributed by atoms with van der Waals surface area (Å²) in [6.45, 7) is 4.68. The van der Waals surface area contributed by atoms with Gasteiger partial charge in [0, 0.05) is 42.3 Å². The summed E-state index contributed by atoms with van der Waals surface area (Å²) in [7, 11) is 0. The Morgan fingerprint density at radius 2 is 0.859 bits per heavy atom. The second kappa shape index (κ2) is 15.3. The van der Waals surface area contributed by atoms with E-state index in [2.05, 4.69) is 226 Å². The van der Waals surface area contributed by atoms with Gasteiger partial charge in [-0.05, 0) is 103 Å². The van der Waals surface area contributed by atoms with Gasteiger partial charge in [0.2, 0.25) is 0 Å². The maximum Gasteiger partial charge on any atom is 0.160 e. The summed E-state index contributed by atoms with van der Waals surface area (Å²) in [5, 5.41) is 2.57. The highest BCUT2D eigenvalue weighted by Gasteiger charge is 2.35. The highest BCUT2D eigenvalue weighted by molar-refractivity contribution is 7.26. The van der Waals surface area contributed by atoms with Crippen molar-refractivity contribution in [3.63, 3.8) is 0 Å². The van der Waals surface area contributed by atoms with Crippen LogP contribution < -0.4 is 0 Å². The predicted octanol–water partition coefficient (Wildman–Crippen LogP) is 16.8. The minimum Gasteiger partial charge on any atom is -0.228 e. The molecule has 3 heteroatoms. The van der Waals surface area contributed by atoms with Crippen LogP contribution in [0.4, 0.5) is 0 Å². The first-order valence-electron chi connectivity index (χ1n) is 22.0. The van der Waals surface area contributed by atoms with Crippen LogP contribution in [-0.2, 0) is 5.41 Å². The molecule has 0 saturated heterocycles. The van der Waals surface area contributed by atoms with Crippen LogP contribution in [0.2, 0.25) is 0 Å². The minimum absolute atomic E-state index is 0.0573. The van der Waals surface area contributed by atoms with Crippen LogP contribution >= 0.6 is 11.3 Å². The SMILES string of the molecule is CC1(C)c2ccccc2-c2ccc(-c3ccc(-c4cc(-c5cc(-c6ccccc6-c6ccccc6)cc(-c6cccc7c6sc6ccccc67)c5)nc(-c5ccccc5)n4)cc3)cc21.